The van der Waals surface area contributed by atoms with Crippen molar-refractivity contribution in [2.75, 3.05) is 20.1 Å². The van der Waals surface area contributed by atoms with Crippen LogP contribution in [0.1, 0.15) is 44.7 Å². The third-order valence-corrected chi connectivity index (χ3v) is 4.23. The molecule has 0 saturated heterocycles. The Morgan fingerprint density at radius 3 is 2.47 bits per heavy atom. The van der Waals surface area contributed by atoms with Gasteiger partial charge in [0.2, 0.25) is 0 Å². The van der Waals surface area contributed by atoms with Gasteiger partial charge in [-0.2, -0.15) is 0 Å². The lowest BCUT2D eigenvalue weighted by atomic mass is 9.99. The molecule has 19 heavy (non-hydrogen) atoms. The molecule has 1 saturated carbocycles. The molecular formula is C17H28N2. The van der Waals surface area contributed by atoms with Gasteiger partial charge in [-0.25, -0.2) is 0 Å². The van der Waals surface area contributed by atoms with Crippen molar-refractivity contribution >= 4 is 0 Å². The molecule has 2 rings (SSSR count). The van der Waals surface area contributed by atoms with Crippen LogP contribution in [0, 0.1) is 5.92 Å². The van der Waals surface area contributed by atoms with E-state index < -0.39 is 0 Å². The fourth-order valence-corrected chi connectivity index (χ4v) is 2.94. The van der Waals surface area contributed by atoms with Crippen LogP contribution in [0.15, 0.2) is 30.3 Å². The Labute approximate surface area is 118 Å². The molecule has 2 unspecified atom stereocenters. The Kier molecular flexibility index (Phi) is 5.41. The highest BCUT2D eigenvalue weighted by molar-refractivity contribution is 5.20. The maximum Gasteiger partial charge on any atom is 0.0473 e. The van der Waals surface area contributed by atoms with E-state index in [0.29, 0.717) is 12.1 Å². The Morgan fingerprint density at radius 2 is 1.95 bits per heavy atom. The van der Waals surface area contributed by atoms with Crippen molar-refractivity contribution in [3.05, 3.63) is 35.9 Å². The van der Waals surface area contributed by atoms with Gasteiger partial charge in [-0.15, -0.1) is 0 Å². The summed E-state index contributed by atoms with van der Waals surface area (Å²) in [6.45, 7) is 7.14. The second kappa shape index (κ2) is 7.06. The van der Waals surface area contributed by atoms with Gasteiger partial charge in [-0.05, 0) is 51.3 Å². The highest BCUT2D eigenvalue weighted by Gasteiger charge is 2.29. The molecule has 2 nitrogen and oxygen atoms in total. The molecule has 0 spiro atoms. The fraction of sp³-hybridized carbons (Fsp3) is 0.647. The number of likely N-dealkylation sites (N-methyl/N-ethyl adjacent to an activating group) is 1. The predicted octanol–water partition coefficient (Wildman–Crippen LogP) is 3.46. The van der Waals surface area contributed by atoms with Crippen LogP contribution in [0.3, 0.4) is 0 Å². The Morgan fingerprint density at radius 1 is 1.26 bits per heavy atom. The minimum atomic E-state index is 0.423. The molecule has 1 aromatic carbocycles. The lowest BCUT2D eigenvalue weighted by Crippen LogP contribution is -2.43. The summed E-state index contributed by atoms with van der Waals surface area (Å²) in [6.07, 6.45) is 4.10. The zero-order chi connectivity index (χ0) is 13.7. The number of rotatable bonds is 8. The number of hydrogen-bond acceptors (Lipinski definition) is 2. The van der Waals surface area contributed by atoms with Crippen LogP contribution in [0.4, 0.5) is 0 Å². The molecule has 0 aromatic heterocycles. The summed E-state index contributed by atoms with van der Waals surface area (Å²) in [4.78, 5) is 2.67. The van der Waals surface area contributed by atoms with E-state index in [-0.39, 0.29) is 0 Å². The Balaban J connectivity index is 2.06. The van der Waals surface area contributed by atoms with E-state index in [9.17, 15) is 0 Å². The second-order valence-electron chi connectivity index (χ2n) is 5.86. The van der Waals surface area contributed by atoms with E-state index in [1.165, 1.54) is 37.9 Å². The van der Waals surface area contributed by atoms with Gasteiger partial charge in [0, 0.05) is 18.6 Å². The minimum Gasteiger partial charge on any atom is -0.312 e. The molecule has 0 amide bonds. The van der Waals surface area contributed by atoms with Gasteiger partial charge in [0.15, 0.2) is 0 Å². The van der Waals surface area contributed by atoms with E-state index >= 15 is 0 Å². The molecule has 2 atom stereocenters. The summed E-state index contributed by atoms with van der Waals surface area (Å²) in [5, 5.41) is 3.51. The molecule has 0 heterocycles. The van der Waals surface area contributed by atoms with Crippen LogP contribution in [-0.4, -0.2) is 31.1 Å². The van der Waals surface area contributed by atoms with Gasteiger partial charge in [0.05, 0.1) is 0 Å². The maximum absolute atomic E-state index is 3.51. The Bertz CT molecular complexity index is 359. The van der Waals surface area contributed by atoms with Crippen LogP contribution in [0.25, 0.3) is 0 Å². The molecule has 1 fully saturated rings. The maximum atomic E-state index is 3.51. The normalized spacial score (nSPS) is 18.5. The quantitative estimate of drug-likeness (QED) is 0.770. The fourth-order valence-electron chi connectivity index (χ4n) is 2.94. The molecule has 0 aliphatic heterocycles. The largest absolute Gasteiger partial charge is 0.312 e. The molecule has 106 valence electrons. The van der Waals surface area contributed by atoms with E-state index in [1.807, 2.05) is 0 Å². The van der Waals surface area contributed by atoms with Crippen molar-refractivity contribution in [1.82, 2.24) is 10.2 Å². The van der Waals surface area contributed by atoms with Gasteiger partial charge < -0.3 is 5.32 Å². The monoisotopic (exact) mass is 260 g/mol. The summed E-state index contributed by atoms with van der Waals surface area (Å²) in [5.74, 6) is 0.960. The van der Waals surface area contributed by atoms with Crippen molar-refractivity contribution < 1.29 is 0 Å². The van der Waals surface area contributed by atoms with Gasteiger partial charge in [0.25, 0.3) is 0 Å². The summed E-state index contributed by atoms with van der Waals surface area (Å²) in [7, 11) is 2.08. The number of hydrogen-bond donors (Lipinski definition) is 1. The lowest BCUT2D eigenvalue weighted by molar-refractivity contribution is 0.165. The van der Waals surface area contributed by atoms with Crippen molar-refractivity contribution in [2.45, 2.75) is 45.2 Å². The molecule has 2 heteroatoms. The topological polar surface area (TPSA) is 15.3 Å². The zero-order valence-corrected chi connectivity index (χ0v) is 12.6. The summed E-state index contributed by atoms with van der Waals surface area (Å²) in [5.41, 5.74) is 1.40. The first-order chi connectivity index (χ1) is 9.26. The highest BCUT2D eigenvalue weighted by atomic mass is 15.2. The van der Waals surface area contributed by atoms with E-state index in [0.717, 1.165) is 5.92 Å². The number of nitrogens with zero attached hydrogens (tertiary/aromatic N) is 1. The minimum absolute atomic E-state index is 0.423. The molecule has 1 N–H and O–H groups in total. The number of benzene rings is 1. The zero-order valence-electron chi connectivity index (χ0n) is 12.6. The summed E-state index contributed by atoms with van der Waals surface area (Å²) < 4.78 is 0. The third kappa shape index (κ3) is 4.05. The lowest BCUT2D eigenvalue weighted by Gasteiger charge is -2.35. The molecule has 1 aromatic rings. The van der Waals surface area contributed by atoms with Crippen LogP contribution in [0.2, 0.25) is 0 Å². The first kappa shape index (κ1) is 14.5. The van der Waals surface area contributed by atoms with Crippen molar-refractivity contribution in [2.24, 2.45) is 5.92 Å². The molecule has 1 aliphatic carbocycles. The van der Waals surface area contributed by atoms with Crippen LogP contribution in [0.5, 0.6) is 0 Å². The smallest absolute Gasteiger partial charge is 0.0473 e. The van der Waals surface area contributed by atoms with E-state index in [2.05, 4.69) is 61.4 Å². The van der Waals surface area contributed by atoms with Crippen molar-refractivity contribution in [1.29, 1.82) is 0 Å². The van der Waals surface area contributed by atoms with Gasteiger partial charge >= 0.3 is 0 Å². The van der Waals surface area contributed by atoms with Crippen LogP contribution >= 0.6 is 0 Å². The SMILES string of the molecule is CCCN(CC1CC1)C(C)C(NC)c1ccccc1. The molecule has 1 aliphatic rings. The van der Waals surface area contributed by atoms with Gasteiger partial charge in [-0.3, -0.25) is 4.90 Å². The van der Waals surface area contributed by atoms with Crippen LogP contribution in [-0.2, 0) is 0 Å². The van der Waals surface area contributed by atoms with Crippen molar-refractivity contribution in [3.63, 3.8) is 0 Å². The summed E-state index contributed by atoms with van der Waals surface area (Å²) >= 11 is 0. The number of nitrogens with one attached hydrogen (secondary N) is 1. The average molecular weight is 260 g/mol. The predicted molar refractivity (Wildman–Crippen MR) is 82.3 cm³/mol. The highest BCUT2D eigenvalue weighted by Crippen LogP contribution is 2.32. The van der Waals surface area contributed by atoms with Crippen molar-refractivity contribution in [3.8, 4) is 0 Å². The third-order valence-electron chi connectivity index (χ3n) is 4.23. The Hall–Kier alpha value is -0.860. The van der Waals surface area contributed by atoms with Gasteiger partial charge in [0.1, 0.15) is 0 Å². The summed E-state index contributed by atoms with van der Waals surface area (Å²) in [6, 6.07) is 11.8. The standard InChI is InChI=1S/C17H28N2/c1-4-12-19(13-15-10-11-15)14(2)17(18-3)16-8-6-5-7-9-16/h5-9,14-15,17-18H,4,10-13H2,1-3H3. The molecule has 0 radical (unpaired) electrons. The van der Waals surface area contributed by atoms with Gasteiger partial charge in [-0.1, -0.05) is 37.3 Å². The first-order valence-corrected chi connectivity index (χ1v) is 7.72. The van der Waals surface area contributed by atoms with E-state index in [4.69, 9.17) is 0 Å². The first-order valence-electron chi connectivity index (χ1n) is 7.72. The molecule has 0 bridgehead atoms. The average Bonchev–Trinajstić information content (AvgIpc) is 3.24. The molecular weight excluding hydrogens is 232 g/mol. The van der Waals surface area contributed by atoms with E-state index in [1.54, 1.807) is 0 Å². The van der Waals surface area contributed by atoms with Crippen LogP contribution < -0.4 is 5.32 Å². The second-order valence-corrected chi connectivity index (χ2v) is 5.86.